The van der Waals surface area contributed by atoms with E-state index in [-0.39, 0.29) is 5.91 Å². The average molecular weight is 262 g/mol. The first-order valence-corrected chi connectivity index (χ1v) is 6.58. The second kappa shape index (κ2) is 6.15. The quantitative estimate of drug-likeness (QED) is 0.829. The highest BCUT2D eigenvalue weighted by Crippen LogP contribution is 2.26. The van der Waals surface area contributed by atoms with E-state index in [2.05, 4.69) is 29.4 Å². The van der Waals surface area contributed by atoms with E-state index in [4.69, 9.17) is 11.6 Å². The second-order valence-electron chi connectivity index (χ2n) is 3.74. The summed E-state index contributed by atoms with van der Waals surface area (Å²) in [5.41, 5.74) is 0. The molecule has 1 amide bonds. The standard InChI is InChI=1S/C10H16ClN3OS/c1-4-5-6(2)9-13-14-10(16-9)12-8(15)7(3)11/h6-7H,4-5H2,1-3H3,(H,12,14,15). The number of carbonyl (C=O) groups excluding carboxylic acids is 1. The summed E-state index contributed by atoms with van der Waals surface area (Å²) in [4.78, 5) is 11.3. The average Bonchev–Trinajstić information content (AvgIpc) is 2.66. The van der Waals surface area contributed by atoms with Gasteiger partial charge in [-0.25, -0.2) is 0 Å². The highest BCUT2D eigenvalue weighted by Gasteiger charge is 2.15. The van der Waals surface area contributed by atoms with Crippen LogP contribution < -0.4 is 5.32 Å². The topological polar surface area (TPSA) is 54.9 Å². The number of nitrogens with zero attached hydrogens (tertiary/aromatic N) is 2. The molecular weight excluding hydrogens is 246 g/mol. The van der Waals surface area contributed by atoms with Crippen LogP contribution in [0.15, 0.2) is 0 Å². The molecule has 1 aromatic rings. The molecule has 6 heteroatoms. The molecule has 0 saturated heterocycles. The third kappa shape index (κ3) is 3.72. The highest BCUT2D eigenvalue weighted by atomic mass is 35.5. The summed E-state index contributed by atoms with van der Waals surface area (Å²) >= 11 is 7.06. The zero-order valence-electron chi connectivity index (χ0n) is 9.66. The molecule has 0 fully saturated rings. The molecule has 1 aromatic heterocycles. The maximum Gasteiger partial charge on any atom is 0.243 e. The van der Waals surface area contributed by atoms with E-state index in [0.29, 0.717) is 11.0 Å². The van der Waals surface area contributed by atoms with Crippen LogP contribution in [0.5, 0.6) is 0 Å². The third-order valence-corrected chi connectivity index (χ3v) is 3.44. The predicted octanol–water partition coefficient (Wildman–Crippen LogP) is 3.01. The van der Waals surface area contributed by atoms with Crippen LogP contribution in [0, 0.1) is 0 Å². The van der Waals surface area contributed by atoms with Crippen LogP contribution in [0.2, 0.25) is 0 Å². The Morgan fingerprint density at radius 3 is 2.75 bits per heavy atom. The van der Waals surface area contributed by atoms with Gasteiger partial charge in [-0.1, -0.05) is 31.6 Å². The molecular formula is C10H16ClN3OS. The molecule has 16 heavy (non-hydrogen) atoms. The minimum atomic E-state index is -0.555. The molecule has 0 aliphatic rings. The fourth-order valence-electron chi connectivity index (χ4n) is 1.25. The van der Waals surface area contributed by atoms with Crippen LogP contribution in [0.3, 0.4) is 0 Å². The number of carbonyl (C=O) groups is 1. The number of rotatable bonds is 5. The number of hydrogen-bond acceptors (Lipinski definition) is 4. The van der Waals surface area contributed by atoms with Gasteiger partial charge in [0.25, 0.3) is 0 Å². The second-order valence-corrected chi connectivity index (χ2v) is 5.40. The Morgan fingerprint density at radius 1 is 1.50 bits per heavy atom. The first-order valence-electron chi connectivity index (χ1n) is 5.33. The minimum Gasteiger partial charge on any atom is -0.299 e. The van der Waals surface area contributed by atoms with Crippen molar-refractivity contribution in [1.29, 1.82) is 0 Å². The Bertz CT molecular complexity index is 354. The highest BCUT2D eigenvalue weighted by molar-refractivity contribution is 7.15. The number of anilines is 1. The van der Waals surface area contributed by atoms with Crippen LogP contribution in [-0.2, 0) is 4.79 Å². The Kier molecular flexibility index (Phi) is 5.15. The monoisotopic (exact) mass is 261 g/mol. The molecule has 0 spiro atoms. The van der Waals surface area contributed by atoms with Crippen molar-refractivity contribution in [3.8, 4) is 0 Å². The van der Waals surface area contributed by atoms with Crippen LogP contribution in [-0.4, -0.2) is 21.5 Å². The van der Waals surface area contributed by atoms with Gasteiger partial charge >= 0.3 is 0 Å². The molecule has 1 N–H and O–H groups in total. The summed E-state index contributed by atoms with van der Waals surface area (Å²) in [6, 6.07) is 0. The number of hydrogen-bond donors (Lipinski definition) is 1. The van der Waals surface area contributed by atoms with Gasteiger partial charge in [-0.3, -0.25) is 10.1 Å². The number of nitrogens with one attached hydrogen (secondary N) is 1. The number of amides is 1. The number of aromatic nitrogens is 2. The molecule has 2 unspecified atom stereocenters. The van der Waals surface area contributed by atoms with Crippen molar-refractivity contribution < 1.29 is 4.79 Å². The molecule has 2 atom stereocenters. The molecule has 4 nitrogen and oxygen atoms in total. The van der Waals surface area contributed by atoms with Gasteiger partial charge < -0.3 is 0 Å². The Labute approximate surface area is 104 Å². The van der Waals surface area contributed by atoms with Crippen molar-refractivity contribution in [2.75, 3.05) is 5.32 Å². The van der Waals surface area contributed by atoms with Crippen LogP contribution in [0.1, 0.15) is 44.5 Å². The van der Waals surface area contributed by atoms with E-state index in [1.54, 1.807) is 6.92 Å². The number of halogens is 1. The zero-order chi connectivity index (χ0) is 12.1. The molecule has 0 aliphatic carbocycles. The third-order valence-electron chi connectivity index (χ3n) is 2.18. The van der Waals surface area contributed by atoms with Gasteiger partial charge in [-0.15, -0.1) is 21.8 Å². The lowest BCUT2D eigenvalue weighted by Crippen LogP contribution is -2.20. The first kappa shape index (κ1) is 13.4. The van der Waals surface area contributed by atoms with E-state index in [1.807, 2.05) is 0 Å². The van der Waals surface area contributed by atoms with E-state index < -0.39 is 5.38 Å². The summed E-state index contributed by atoms with van der Waals surface area (Å²) in [5, 5.41) is 11.5. The lowest BCUT2D eigenvalue weighted by Gasteiger charge is -2.03. The van der Waals surface area contributed by atoms with Crippen molar-refractivity contribution in [1.82, 2.24) is 10.2 Å². The van der Waals surface area contributed by atoms with Gasteiger partial charge in [0.05, 0.1) is 0 Å². The SMILES string of the molecule is CCCC(C)c1nnc(NC(=O)C(C)Cl)s1. The lowest BCUT2D eigenvalue weighted by atomic mass is 10.1. The number of alkyl halides is 1. The molecule has 90 valence electrons. The fraction of sp³-hybridized carbons (Fsp3) is 0.700. The Morgan fingerprint density at radius 2 is 2.19 bits per heavy atom. The smallest absolute Gasteiger partial charge is 0.243 e. The van der Waals surface area contributed by atoms with Gasteiger partial charge in [0.2, 0.25) is 11.0 Å². The zero-order valence-corrected chi connectivity index (χ0v) is 11.2. The van der Waals surface area contributed by atoms with E-state index in [9.17, 15) is 4.79 Å². The van der Waals surface area contributed by atoms with Gasteiger partial charge in [0.15, 0.2) is 0 Å². The molecule has 0 saturated carbocycles. The van der Waals surface area contributed by atoms with Crippen molar-refractivity contribution in [3.05, 3.63) is 5.01 Å². The Balaban J connectivity index is 2.61. The van der Waals surface area contributed by atoms with Gasteiger partial charge in [-0.2, -0.15) is 0 Å². The summed E-state index contributed by atoms with van der Waals surface area (Å²) in [7, 11) is 0. The van der Waals surface area contributed by atoms with Crippen LogP contribution in [0.25, 0.3) is 0 Å². The lowest BCUT2D eigenvalue weighted by molar-refractivity contribution is -0.115. The summed E-state index contributed by atoms with van der Waals surface area (Å²) < 4.78 is 0. The first-order chi connectivity index (χ1) is 7.54. The van der Waals surface area contributed by atoms with E-state index >= 15 is 0 Å². The van der Waals surface area contributed by atoms with Crippen LogP contribution in [0.4, 0.5) is 5.13 Å². The summed E-state index contributed by atoms with van der Waals surface area (Å²) in [6.45, 7) is 5.87. The molecule has 1 rings (SSSR count). The molecule has 0 bridgehead atoms. The van der Waals surface area contributed by atoms with Gasteiger partial charge in [0.1, 0.15) is 10.4 Å². The largest absolute Gasteiger partial charge is 0.299 e. The van der Waals surface area contributed by atoms with E-state index in [0.717, 1.165) is 17.8 Å². The molecule has 0 aromatic carbocycles. The maximum absolute atomic E-state index is 11.3. The Hall–Kier alpha value is -0.680. The van der Waals surface area contributed by atoms with Crippen molar-refractivity contribution in [2.24, 2.45) is 0 Å². The van der Waals surface area contributed by atoms with E-state index in [1.165, 1.54) is 11.3 Å². The van der Waals surface area contributed by atoms with Crippen LogP contribution >= 0.6 is 22.9 Å². The van der Waals surface area contributed by atoms with Crippen molar-refractivity contribution in [3.63, 3.8) is 0 Å². The summed E-state index contributed by atoms with van der Waals surface area (Å²) in [6.07, 6.45) is 2.19. The molecule has 0 radical (unpaired) electrons. The van der Waals surface area contributed by atoms with Gasteiger partial charge in [-0.05, 0) is 13.3 Å². The predicted molar refractivity (Wildman–Crippen MR) is 67.2 cm³/mol. The van der Waals surface area contributed by atoms with Gasteiger partial charge in [0, 0.05) is 5.92 Å². The molecule has 0 aliphatic heterocycles. The minimum absolute atomic E-state index is 0.243. The van der Waals surface area contributed by atoms with Crippen molar-refractivity contribution in [2.45, 2.75) is 44.9 Å². The molecule has 1 heterocycles. The van der Waals surface area contributed by atoms with Crippen molar-refractivity contribution >= 4 is 34.0 Å². The normalized spacial score (nSPS) is 14.5. The summed E-state index contributed by atoms with van der Waals surface area (Å²) in [5.74, 6) is 0.147. The maximum atomic E-state index is 11.3. The fourth-order valence-corrected chi connectivity index (χ4v) is 2.13.